The van der Waals surface area contributed by atoms with E-state index in [2.05, 4.69) is 6.07 Å². The average Bonchev–Trinajstić information content (AvgIpc) is 2.95. The molecule has 0 unspecified atom stereocenters. The Hall–Kier alpha value is -3.12. The highest BCUT2D eigenvalue weighted by Gasteiger charge is 2.18. The number of carbonyl (C=O) groups is 1. The summed E-state index contributed by atoms with van der Waals surface area (Å²) in [5, 5.41) is 1.52. The Kier molecular flexibility index (Phi) is 4.00. The van der Waals surface area contributed by atoms with E-state index in [1.807, 2.05) is 28.8 Å². The number of sulfone groups is 1. The third-order valence-electron chi connectivity index (χ3n) is 4.67. The van der Waals surface area contributed by atoms with Crippen molar-refractivity contribution >= 4 is 37.6 Å². The maximum atomic E-state index is 12.2. The molecule has 1 amide bonds. The van der Waals surface area contributed by atoms with Crippen molar-refractivity contribution in [2.24, 2.45) is 5.73 Å². The zero-order chi connectivity index (χ0) is 19.2. The quantitative estimate of drug-likeness (QED) is 0.593. The van der Waals surface area contributed by atoms with Crippen LogP contribution in [-0.2, 0) is 16.4 Å². The highest BCUT2D eigenvalue weighted by Crippen LogP contribution is 2.32. The summed E-state index contributed by atoms with van der Waals surface area (Å²) in [6, 6.07) is 21.1. The van der Waals surface area contributed by atoms with Crippen LogP contribution in [0.1, 0.15) is 15.9 Å². The van der Waals surface area contributed by atoms with Gasteiger partial charge >= 0.3 is 0 Å². The van der Waals surface area contributed by atoms with E-state index in [1.54, 1.807) is 36.4 Å². The minimum atomic E-state index is -3.36. The third-order valence-corrected chi connectivity index (χ3v) is 5.87. The number of aromatic nitrogens is 1. The Bertz CT molecular complexity index is 1300. The van der Waals surface area contributed by atoms with Crippen LogP contribution >= 0.6 is 0 Å². The highest BCUT2D eigenvalue weighted by molar-refractivity contribution is 7.90. The molecule has 6 heteroatoms. The molecule has 135 valence electrons. The highest BCUT2D eigenvalue weighted by atomic mass is 32.2. The molecule has 0 saturated carbocycles. The number of carbonyl (C=O) groups excluding carboxylic acids is 1. The fourth-order valence-corrected chi connectivity index (χ4v) is 4.49. The maximum absolute atomic E-state index is 12.2. The smallest absolute Gasteiger partial charge is 0.249 e. The summed E-state index contributed by atoms with van der Waals surface area (Å²) in [4.78, 5) is 12.2. The van der Waals surface area contributed by atoms with Crippen molar-refractivity contribution in [2.45, 2.75) is 11.4 Å². The summed E-state index contributed by atoms with van der Waals surface area (Å²) >= 11 is 0. The van der Waals surface area contributed by atoms with Gasteiger partial charge in [0.2, 0.25) is 5.91 Å². The predicted molar refractivity (Wildman–Crippen MR) is 105 cm³/mol. The van der Waals surface area contributed by atoms with Gasteiger partial charge in [-0.1, -0.05) is 36.4 Å². The van der Waals surface area contributed by atoms with Crippen molar-refractivity contribution in [1.82, 2.24) is 4.57 Å². The molecule has 27 heavy (non-hydrogen) atoms. The lowest BCUT2D eigenvalue weighted by Crippen LogP contribution is -2.11. The van der Waals surface area contributed by atoms with Gasteiger partial charge in [0.1, 0.15) is 0 Å². The Morgan fingerprint density at radius 3 is 2.52 bits per heavy atom. The van der Waals surface area contributed by atoms with E-state index in [-0.39, 0.29) is 0 Å². The zero-order valence-electron chi connectivity index (χ0n) is 14.6. The van der Waals surface area contributed by atoms with E-state index in [9.17, 15) is 13.2 Å². The Balaban J connectivity index is 2.04. The van der Waals surface area contributed by atoms with Crippen LogP contribution in [0.15, 0.2) is 65.6 Å². The van der Waals surface area contributed by atoms with E-state index >= 15 is 0 Å². The van der Waals surface area contributed by atoms with Crippen molar-refractivity contribution in [1.29, 1.82) is 0 Å². The normalized spacial score (nSPS) is 11.9. The molecule has 0 atom stereocenters. The summed E-state index contributed by atoms with van der Waals surface area (Å²) < 4.78 is 26.3. The first-order valence-electron chi connectivity index (χ1n) is 8.37. The Labute approximate surface area is 156 Å². The SMILES string of the molecule is CS(=O)(=O)c1ccccc1Cn1c2ccc[c]c2c2c(C(N)=O)cccc21. The third kappa shape index (κ3) is 2.88. The lowest BCUT2D eigenvalue weighted by Gasteiger charge is -2.11. The number of primary amides is 1. The Morgan fingerprint density at radius 1 is 1.04 bits per heavy atom. The van der Waals surface area contributed by atoms with Gasteiger partial charge < -0.3 is 10.3 Å². The number of nitrogens with zero attached hydrogens (tertiary/aromatic N) is 1. The molecule has 4 rings (SSSR count). The monoisotopic (exact) mass is 377 g/mol. The molecule has 2 N–H and O–H groups in total. The van der Waals surface area contributed by atoms with Crippen LogP contribution in [0.2, 0.25) is 0 Å². The first-order valence-corrected chi connectivity index (χ1v) is 10.3. The van der Waals surface area contributed by atoms with Crippen LogP contribution < -0.4 is 5.73 Å². The number of hydrogen-bond donors (Lipinski definition) is 1. The van der Waals surface area contributed by atoms with Crippen LogP contribution in [0.3, 0.4) is 0 Å². The topological polar surface area (TPSA) is 82.2 Å². The summed E-state index contributed by atoms with van der Waals surface area (Å²) in [6.07, 6.45) is 1.21. The van der Waals surface area contributed by atoms with Crippen molar-refractivity contribution in [3.05, 3.63) is 77.9 Å². The van der Waals surface area contributed by atoms with E-state index in [4.69, 9.17) is 5.73 Å². The maximum Gasteiger partial charge on any atom is 0.249 e. The van der Waals surface area contributed by atoms with Crippen molar-refractivity contribution < 1.29 is 13.2 Å². The van der Waals surface area contributed by atoms with Crippen LogP contribution in [0.5, 0.6) is 0 Å². The number of rotatable bonds is 4. The first-order chi connectivity index (χ1) is 12.9. The number of nitrogens with two attached hydrogens (primary N) is 1. The molecular formula is C21H17N2O3S. The molecule has 5 nitrogen and oxygen atoms in total. The van der Waals surface area contributed by atoms with E-state index in [0.717, 1.165) is 21.8 Å². The van der Waals surface area contributed by atoms with Crippen LogP contribution in [-0.4, -0.2) is 25.1 Å². The zero-order valence-corrected chi connectivity index (χ0v) is 15.5. The van der Waals surface area contributed by atoms with Crippen LogP contribution in [0, 0.1) is 6.07 Å². The van der Waals surface area contributed by atoms with Gasteiger partial charge in [-0.15, -0.1) is 0 Å². The molecule has 0 spiro atoms. The van der Waals surface area contributed by atoms with Gasteiger partial charge in [-0.25, -0.2) is 8.42 Å². The summed E-state index contributed by atoms with van der Waals surface area (Å²) in [5.74, 6) is -0.506. The minimum Gasteiger partial charge on any atom is -0.366 e. The first kappa shape index (κ1) is 17.3. The van der Waals surface area contributed by atoms with Crippen molar-refractivity contribution in [3.8, 4) is 0 Å². The largest absolute Gasteiger partial charge is 0.366 e. The second-order valence-electron chi connectivity index (χ2n) is 6.46. The summed E-state index contributed by atoms with van der Waals surface area (Å²) in [5.41, 5.74) is 8.36. The molecule has 0 aliphatic rings. The van der Waals surface area contributed by atoms with Crippen LogP contribution in [0.25, 0.3) is 21.8 Å². The van der Waals surface area contributed by atoms with Gasteiger partial charge in [-0.2, -0.15) is 0 Å². The van der Waals surface area contributed by atoms with Gasteiger partial charge in [0.05, 0.1) is 15.9 Å². The van der Waals surface area contributed by atoms with Gasteiger partial charge in [0, 0.05) is 29.1 Å². The van der Waals surface area contributed by atoms with E-state index in [0.29, 0.717) is 22.6 Å². The molecule has 0 aliphatic heterocycles. The van der Waals surface area contributed by atoms with Crippen molar-refractivity contribution in [2.75, 3.05) is 6.26 Å². The number of benzene rings is 3. The molecular weight excluding hydrogens is 360 g/mol. The molecule has 1 heterocycles. The number of fused-ring (bicyclic) bond motifs is 3. The second-order valence-corrected chi connectivity index (χ2v) is 8.44. The molecule has 0 saturated heterocycles. The lowest BCUT2D eigenvalue weighted by atomic mass is 10.1. The molecule has 1 aromatic heterocycles. The molecule has 1 radical (unpaired) electrons. The number of hydrogen-bond acceptors (Lipinski definition) is 3. The fourth-order valence-electron chi connectivity index (χ4n) is 3.55. The molecule has 0 aliphatic carbocycles. The standard InChI is InChI=1S/C21H17N2O3S/c1-27(25,26)19-12-5-2-7-14(19)13-23-17-10-4-3-8-15(17)20-16(21(22)24)9-6-11-18(20)23/h2-7,9-12H,13H2,1H3,(H2,22,24). The van der Waals surface area contributed by atoms with Crippen molar-refractivity contribution in [3.63, 3.8) is 0 Å². The molecule has 3 aromatic carbocycles. The van der Waals surface area contributed by atoms with Gasteiger partial charge in [0.15, 0.2) is 9.84 Å². The summed E-state index contributed by atoms with van der Waals surface area (Å²) in [6.45, 7) is 0.351. The van der Waals surface area contributed by atoms with Gasteiger partial charge in [0.25, 0.3) is 0 Å². The van der Waals surface area contributed by atoms with Crippen LogP contribution in [0.4, 0.5) is 0 Å². The van der Waals surface area contributed by atoms with E-state index in [1.165, 1.54) is 6.26 Å². The van der Waals surface area contributed by atoms with E-state index < -0.39 is 15.7 Å². The predicted octanol–water partition coefficient (Wildman–Crippen LogP) is 3.15. The summed E-state index contributed by atoms with van der Waals surface area (Å²) in [7, 11) is -3.36. The number of amides is 1. The second kappa shape index (κ2) is 6.25. The lowest BCUT2D eigenvalue weighted by molar-refractivity contribution is 0.100. The molecule has 0 bridgehead atoms. The fraction of sp³-hybridized carbons (Fsp3) is 0.0952. The average molecular weight is 377 g/mol. The molecule has 4 aromatic rings. The Morgan fingerprint density at radius 2 is 1.78 bits per heavy atom. The van der Waals surface area contributed by atoms with Gasteiger partial charge in [-0.3, -0.25) is 4.79 Å². The molecule has 0 fully saturated rings. The van der Waals surface area contributed by atoms with Gasteiger partial charge in [-0.05, 0) is 35.9 Å². The minimum absolute atomic E-state index is 0.297.